The summed E-state index contributed by atoms with van der Waals surface area (Å²) in [5, 5.41) is 4.48. The van der Waals surface area contributed by atoms with Crippen molar-refractivity contribution in [2.45, 2.75) is 25.3 Å². The van der Waals surface area contributed by atoms with Gasteiger partial charge in [0, 0.05) is 10.9 Å². The highest BCUT2D eigenvalue weighted by atomic mass is 15.1. The minimum atomic E-state index is 0.198. The molecular weight excluding hydrogens is 200 g/mol. The predicted molar refractivity (Wildman–Crippen MR) is 65.2 cm³/mol. The molecule has 0 radical (unpaired) electrons. The first-order valence-corrected chi connectivity index (χ1v) is 5.47. The second kappa shape index (κ2) is 3.07. The Hall–Kier alpha value is -1.84. The van der Waals surface area contributed by atoms with E-state index in [2.05, 4.69) is 22.2 Å². The van der Waals surface area contributed by atoms with Gasteiger partial charge in [0.2, 0.25) is 5.95 Å². The van der Waals surface area contributed by atoms with Crippen LogP contribution >= 0.6 is 0 Å². The highest BCUT2D eigenvalue weighted by Gasteiger charge is 2.37. The summed E-state index contributed by atoms with van der Waals surface area (Å²) in [6.45, 7) is 2.19. The summed E-state index contributed by atoms with van der Waals surface area (Å²) in [5.74, 6) is 1.17. The van der Waals surface area contributed by atoms with E-state index in [-0.39, 0.29) is 5.54 Å². The molecule has 1 aliphatic carbocycles. The van der Waals surface area contributed by atoms with Crippen LogP contribution in [0.25, 0.3) is 10.9 Å². The largest absolute Gasteiger partial charge is 0.368 e. The number of anilines is 2. The average molecular weight is 214 g/mol. The number of nitrogens with two attached hydrogens (primary N) is 1. The molecule has 0 bridgehead atoms. The highest BCUT2D eigenvalue weighted by molar-refractivity contribution is 5.90. The van der Waals surface area contributed by atoms with Crippen molar-refractivity contribution in [2.75, 3.05) is 11.1 Å². The van der Waals surface area contributed by atoms with E-state index in [1.807, 2.05) is 24.3 Å². The van der Waals surface area contributed by atoms with E-state index in [0.717, 1.165) is 16.7 Å². The van der Waals surface area contributed by atoms with Crippen LogP contribution in [0.4, 0.5) is 11.8 Å². The molecule has 4 heteroatoms. The third-order valence-electron chi connectivity index (χ3n) is 3.04. The maximum Gasteiger partial charge on any atom is 0.222 e. The molecule has 3 N–H and O–H groups in total. The fourth-order valence-corrected chi connectivity index (χ4v) is 1.79. The number of hydrogen-bond donors (Lipinski definition) is 2. The lowest BCUT2D eigenvalue weighted by atomic mass is 10.2. The van der Waals surface area contributed by atoms with E-state index in [0.29, 0.717) is 5.95 Å². The van der Waals surface area contributed by atoms with Gasteiger partial charge in [0.1, 0.15) is 5.82 Å². The van der Waals surface area contributed by atoms with E-state index in [9.17, 15) is 0 Å². The van der Waals surface area contributed by atoms with Gasteiger partial charge in [-0.25, -0.2) is 4.98 Å². The van der Waals surface area contributed by atoms with Crippen LogP contribution in [0.15, 0.2) is 24.3 Å². The third-order valence-corrected chi connectivity index (χ3v) is 3.04. The zero-order valence-corrected chi connectivity index (χ0v) is 9.20. The first-order chi connectivity index (χ1) is 7.66. The van der Waals surface area contributed by atoms with Crippen molar-refractivity contribution in [2.24, 2.45) is 0 Å². The van der Waals surface area contributed by atoms with E-state index in [1.54, 1.807) is 0 Å². The van der Waals surface area contributed by atoms with E-state index in [4.69, 9.17) is 5.73 Å². The standard InChI is InChI=1S/C12H14N4/c1-12(6-7-12)16-10-8-4-2-3-5-9(8)14-11(13)15-10/h2-5H,6-7H2,1H3,(H3,13,14,15,16). The van der Waals surface area contributed by atoms with Crippen LogP contribution in [0, 0.1) is 0 Å². The van der Waals surface area contributed by atoms with Crippen molar-refractivity contribution in [3.05, 3.63) is 24.3 Å². The number of fused-ring (bicyclic) bond motifs is 1. The van der Waals surface area contributed by atoms with Crippen LogP contribution in [0.2, 0.25) is 0 Å². The second-order valence-corrected chi connectivity index (χ2v) is 4.63. The SMILES string of the molecule is CC1(Nc2nc(N)nc3ccccc23)CC1. The molecule has 1 fully saturated rings. The van der Waals surface area contributed by atoms with Crippen molar-refractivity contribution in [1.29, 1.82) is 0 Å². The van der Waals surface area contributed by atoms with Gasteiger partial charge in [0.15, 0.2) is 0 Å². The fourth-order valence-electron chi connectivity index (χ4n) is 1.79. The van der Waals surface area contributed by atoms with Crippen molar-refractivity contribution in [1.82, 2.24) is 9.97 Å². The topological polar surface area (TPSA) is 63.8 Å². The van der Waals surface area contributed by atoms with Gasteiger partial charge in [-0.15, -0.1) is 0 Å². The van der Waals surface area contributed by atoms with Gasteiger partial charge < -0.3 is 11.1 Å². The number of benzene rings is 1. The van der Waals surface area contributed by atoms with E-state index in [1.165, 1.54) is 12.8 Å². The Labute approximate surface area is 93.9 Å². The molecule has 4 nitrogen and oxygen atoms in total. The van der Waals surface area contributed by atoms with Gasteiger partial charge in [-0.05, 0) is 31.9 Å². The number of nitrogens with zero attached hydrogens (tertiary/aromatic N) is 2. The van der Waals surface area contributed by atoms with Gasteiger partial charge in [0.25, 0.3) is 0 Å². The minimum Gasteiger partial charge on any atom is -0.368 e. The number of para-hydroxylation sites is 1. The maximum absolute atomic E-state index is 5.70. The molecule has 1 aromatic carbocycles. The lowest BCUT2D eigenvalue weighted by molar-refractivity contribution is 0.823. The van der Waals surface area contributed by atoms with Gasteiger partial charge in [0.05, 0.1) is 5.52 Å². The summed E-state index contributed by atoms with van der Waals surface area (Å²) in [6, 6.07) is 7.91. The smallest absolute Gasteiger partial charge is 0.222 e. The monoisotopic (exact) mass is 214 g/mol. The Bertz CT molecular complexity index is 546. The van der Waals surface area contributed by atoms with Crippen molar-refractivity contribution >= 4 is 22.7 Å². The first-order valence-electron chi connectivity index (χ1n) is 5.47. The molecule has 1 aliphatic rings. The van der Waals surface area contributed by atoms with E-state index < -0.39 is 0 Å². The first kappa shape index (κ1) is 9.39. The molecule has 0 aliphatic heterocycles. The molecule has 3 rings (SSSR count). The summed E-state index contributed by atoms with van der Waals surface area (Å²) in [6.07, 6.45) is 2.37. The molecule has 0 amide bonds. The Kier molecular flexibility index (Phi) is 1.80. The lowest BCUT2D eigenvalue weighted by Crippen LogP contribution is -2.17. The quantitative estimate of drug-likeness (QED) is 0.804. The van der Waals surface area contributed by atoms with Gasteiger partial charge in [-0.2, -0.15) is 4.98 Å². The van der Waals surface area contributed by atoms with Crippen LogP contribution in [-0.4, -0.2) is 15.5 Å². The van der Waals surface area contributed by atoms with Gasteiger partial charge >= 0.3 is 0 Å². The molecule has 1 saturated carbocycles. The van der Waals surface area contributed by atoms with Gasteiger partial charge in [-0.1, -0.05) is 12.1 Å². The van der Waals surface area contributed by atoms with Crippen LogP contribution < -0.4 is 11.1 Å². The predicted octanol–water partition coefficient (Wildman–Crippen LogP) is 2.18. The second-order valence-electron chi connectivity index (χ2n) is 4.63. The molecule has 0 spiro atoms. The Morgan fingerprint density at radius 2 is 2.00 bits per heavy atom. The summed E-state index contributed by atoms with van der Waals surface area (Å²) in [5.41, 5.74) is 6.79. The van der Waals surface area contributed by atoms with Crippen LogP contribution in [0.1, 0.15) is 19.8 Å². The Balaban J connectivity index is 2.14. The highest BCUT2D eigenvalue weighted by Crippen LogP contribution is 2.39. The number of rotatable bonds is 2. The van der Waals surface area contributed by atoms with Crippen molar-refractivity contribution in [3.63, 3.8) is 0 Å². The number of nitrogens with one attached hydrogen (secondary N) is 1. The molecule has 1 heterocycles. The zero-order chi connectivity index (χ0) is 11.2. The van der Waals surface area contributed by atoms with Crippen molar-refractivity contribution < 1.29 is 0 Å². The average Bonchev–Trinajstić information content (AvgIpc) is 2.96. The fraction of sp³-hybridized carbons (Fsp3) is 0.333. The molecule has 2 aromatic rings. The van der Waals surface area contributed by atoms with E-state index >= 15 is 0 Å². The Morgan fingerprint density at radius 3 is 2.75 bits per heavy atom. The molecule has 82 valence electrons. The molecule has 0 unspecified atom stereocenters. The minimum absolute atomic E-state index is 0.198. The summed E-state index contributed by atoms with van der Waals surface area (Å²) in [7, 11) is 0. The lowest BCUT2D eigenvalue weighted by Gasteiger charge is -2.14. The number of aromatic nitrogens is 2. The zero-order valence-electron chi connectivity index (χ0n) is 9.20. The third kappa shape index (κ3) is 1.56. The summed E-state index contributed by atoms with van der Waals surface area (Å²) < 4.78 is 0. The molecule has 16 heavy (non-hydrogen) atoms. The van der Waals surface area contributed by atoms with Crippen molar-refractivity contribution in [3.8, 4) is 0 Å². The summed E-state index contributed by atoms with van der Waals surface area (Å²) in [4.78, 5) is 8.50. The van der Waals surface area contributed by atoms with Crippen LogP contribution in [-0.2, 0) is 0 Å². The molecule has 0 atom stereocenters. The van der Waals surface area contributed by atoms with Crippen LogP contribution in [0.3, 0.4) is 0 Å². The van der Waals surface area contributed by atoms with Gasteiger partial charge in [-0.3, -0.25) is 0 Å². The van der Waals surface area contributed by atoms with Crippen LogP contribution in [0.5, 0.6) is 0 Å². The number of nitrogen functional groups attached to an aromatic ring is 1. The molecular formula is C12H14N4. The molecule has 0 saturated heterocycles. The summed E-state index contributed by atoms with van der Waals surface area (Å²) >= 11 is 0. The normalized spacial score (nSPS) is 17.3. The molecule has 1 aromatic heterocycles. The maximum atomic E-state index is 5.70. The Morgan fingerprint density at radius 1 is 1.25 bits per heavy atom. The number of hydrogen-bond acceptors (Lipinski definition) is 4.